The third kappa shape index (κ3) is 3.55. The molecule has 1 rings (SSSR count). The Morgan fingerprint density at radius 3 is 2.62 bits per heavy atom. The highest BCUT2D eigenvalue weighted by Crippen LogP contribution is 2.22. The van der Waals surface area contributed by atoms with Crippen LogP contribution in [0.3, 0.4) is 0 Å². The van der Waals surface area contributed by atoms with Gasteiger partial charge in [0.25, 0.3) is 0 Å². The molecule has 0 fully saturated rings. The van der Waals surface area contributed by atoms with E-state index in [1.807, 2.05) is 19.1 Å². The lowest BCUT2D eigenvalue weighted by atomic mass is 10.1. The van der Waals surface area contributed by atoms with Gasteiger partial charge in [-0.25, -0.2) is 0 Å². The molecular weight excluding hydrogens is 205 g/mol. The molecule has 0 aliphatic rings. The van der Waals surface area contributed by atoms with Crippen molar-refractivity contribution in [2.45, 2.75) is 25.8 Å². The summed E-state index contributed by atoms with van der Waals surface area (Å²) in [5.41, 5.74) is 6.77. The first kappa shape index (κ1) is 10.8. The Morgan fingerprint density at radius 1 is 1.38 bits per heavy atom. The number of hydrogen-bond donors (Lipinski definition) is 1. The molecule has 1 aromatic rings. The van der Waals surface area contributed by atoms with Gasteiger partial charge in [-0.05, 0) is 37.5 Å². The molecule has 0 aliphatic heterocycles. The third-order valence-electron chi connectivity index (χ3n) is 1.88. The number of rotatable bonds is 3. The van der Waals surface area contributed by atoms with Crippen molar-refractivity contribution >= 4 is 23.2 Å². The largest absolute Gasteiger partial charge is 0.328 e. The number of benzene rings is 1. The fraction of sp³-hybridized carbons (Fsp3) is 0.400. The van der Waals surface area contributed by atoms with Gasteiger partial charge in [-0.1, -0.05) is 29.3 Å². The lowest BCUT2D eigenvalue weighted by Crippen LogP contribution is -2.15. The van der Waals surface area contributed by atoms with Gasteiger partial charge in [0.1, 0.15) is 0 Å². The highest BCUT2D eigenvalue weighted by molar-refractivity contribution is 6.35. The van der Waals surface area contributed by atoms with E-state index in [0.29, 0.717) is 5.02 Å². The van der Waals surface area contributed by atoms with E-state index >= 15 is 0 Å². The zero-order valence-corrected chi connectivity index (χ0v) is 9.07. The van der Waals surface area contributed by atoms with Crippen molar-refractivity contribution in [2.75, 3.05) is 0 Å². The fourth-order valence-electron chi connectivity index (χ4n) is 1.11. The molecule has 1 nitrogen and oxygen atoms in total. The summed E-state index contributed by atoms with van der Waals surface area (Å²) in [5.74, 6) is 0. The van der Waals surface area contributed by atoms with Gasteiger partial charge in [-0.2, -0.15) is 0 Å². The molecule has 0 saturated carbocycles. The van der Waals surface area contributed by atoms with Crippen molar-refractivity contribution in [3.05, 3.63) is 33.8 Å². The molecule has 0 amide bonds. The maximum atomic E-state index is 5.99. The minimum Gasteiger partial charge on any atom is -0.328 e. The van der Waals surface area contributed by atoms with Crippen molar-refractivity contribution in [3.8, 4) is 0 Å². The first-order valence-corrected chi connectivity index (χ1v) is 5.04. The van der Waals surface area contributed by atoms with Crippen molar-refractivity contribution in [1.29, 1.82) is 0 Å². The van der Waals surface area contributed by atoms with E-state index in [1.54, 1.807) is 6.07 Å². The molecule has 0 bridgehead atoms. The molecule has 1 atom stereocenters. The molecule has 13 heavy (non-hydrogen) atoms. The van der Waals surface area contributed by atoms with Crippen LogP contribution in [0.25, 0.3) is 0 Å². The Balaban J connectivity index is 2.67. The molecule has 0 aliphatic carbocycles. The van der Waals surface area contributed by atoms with Gasteiger partial charge < -0.3 is 5.73 Å². The van der Waals surface area contributed by atoms with E-state index in [9.17, 15) is 0 Å². The second-order valence-corrected chi connectivity index (χ2v) is 4.10. The van der Waals surface area contributed by atoms with Gasteiger partial charge in [0, 0.05) is 16.1 Å². The summed E-state index contributed by atoms with van der Waals surface area (Å²) in [6.07, 6.45) is 1.86. The summed E-state index contributed by atoms with van der Waals surface area (Å²) in [6, 6.07) is 5.78. The van der Waals surface area contributed by atoms with Crippen molar-refractivity contribution in [2.24, 2.45) is 5.73 Å². The Bertz CT molecular complexity index is 284. The summed E-state index contributed by atoms with van der Waals surface area (Å²) in [7, 11) is 0. The molecule has 72 valence electrons. The van der Waals surface area contributed by atoms with Crippen LogP contribution in [-0.2, 0) is 6.42 Å². The maximum absolute atomic E-state index is 5.99. The third-order valence-corrected chi connectivity index (χ3v) is 2.47. The normalized spacial score (nSPS) is 12.9. The maximum Gasteiger partial charge on any atom is 0.0452 e. The second kappa shape index (κ2) is 4.85. The fourth-order valence-corrected chi connectivity index (χ4v) is 1.61. The molecule has 1 aromatic carbocycles. The summed E-state index contributed by atoms with van der Waals surface area (Å²) in [5, 5.41) is 1.41. The highest BCUT2D eigenvalue weighted by atomic mass is 35.5. The van der Waals surface area contributed by atoms with Crippen LogP contribution in [0.2, 0.25) is 10.0 Å². The molecule has 3 heteroatoms. The second-order valence-electron chi connectivity index (χ2n) is 3.25. The zero-order valence-electron chi connectivity index (χ0n) is 7.56. The first-order valence-electron chi connectivity index (χ1n) is 4.29. The minimum absolute atomic E-state index is 0.215. The Morgan fingerprint density at radius 2 is 2.08 bits per heavy atom. The Kier molecular flexibility index (Phi) is 4.04. The number of nitrogens with two attached hydrogens (primary N) is 1. The van der Waals surface area contributed by atoms with Gasteiger partial charge in [-0.15, -0.1) is 0 Å². The average molecular weight is 218 g/mol. The zero-order chi connectivity index (χ0) is 9.84. The summed E-state index contributed by atoms with van der Waals surface area (Å²) >= 11 is 11.8. The standard InChI is InChI=1S/C10H13Cl2N/c1-7(13)2-3-8-4-5-9(11)6-10(8)12/h4-7H,2-3,13H2,1H3/t7-/m1/s1. The molecule has 0 spiro atoms. The van der Waals surface area contributed by atoms with Crippen LogP contribution in [0.4, 0.5) is 0 Å². The first-order chi connectivity index (χ1) is 6.09. The molecule has 0 saturated heterocycles. The smallest absolute Gasteiger partial charge is 0.0452 e. The van der Waals surface area contributed by atoms with Crippen LogP contribution in [0.1, 0.15) is 18.9 Å². The predicted octanol–water partition coefficient (Wildman–Crippen LogP) is 3.27. The van der Waals surface area contributed by atoms with Crippen LogP contribution in [0.15, 0.2) is 18.2 Å². The van der Waals surface area contributed by atoms with Gasteiger partial charge in [0.2, 0.25) is 0 Å². The van der Waals surface area contributed by atoms with E-state index in [4.69, 9.17) is 28.9 Å². The number of aryl methyl sites for hydroxylation is 1. The lowest BCUT2D eigenvalue weighted by molar-refractivity contribution is 0.666. The Hall–Kier alpha value is -0.240. The summed E-state index contributed by atoms with van der Waals surface area (Å²) in [4.78, 5) is 0. The molecular formula is C10H13Cl2N. The quantitative estimate of drug-likeness (QED) is 0.827. The SMILES string of the molecule is C[C@@H](N)CCc1ccc(Cl)cc1Cl. The molecule has 0 radical (unpaired) electrons. The van der Waals surface area contributed by atoms with Crippen molar-refractivity contribution in [1.82, 2.24) is 0 Å². The molecule has 2 N–H and O–H groups in total. The lowest BCUT2D eigenvalue weighted by Gasteiger charge is -2.06. The number of halogens is 2. The summed E-state index contributed by atoms with van der Waals surface area (Å²) < 4.78 is 0. The molecule has 0 heterocycles. The topological polar surface area (TPSA) is 26.0 Å². The predicted molar refractivity (Wildman–Crippen MR) is 58.4 cm³/mol. The van der Waals surface area contributed by atoms with E-state index in [2.05, 4.69) is 0 Å². The summed E-state index contributed by atoms with van der Waals surface area (Å²) in [6.45, 7) is 1.99. The van der Waals surface area contributed by atoms with Crippen molar-refractivity contribution < 1.29 is 0 Å². The molecule has 0 unspecified atom stereocenters. The van der Waals surface area contributed by atoms with Crippen LogP contribution >= 0.6 is 23.2 Å². The Labute approximate surface area is 88.8 Å². The van der Waals surface area contributed by atoms with E-state index in [-0.39, 0.29) is 6.04 Å². The van der Waals surface area contributed by atoms with E-state index < -0.39 is 0 Å². The van der Waals surface area contributed by atoms with E-state index in [0.717, 1.165) is 23.4 Å². The minimum atomic E-state index is 0.215. The number of hydrogen-bond acceptors (Lipinski definition) is 1. The van der Waals surface area contributed by atoms with Crippen LogP contribution < -0.4 is 5.73 Å². The monoisotopic (exact) mass is 217 g/mol. The highest BCUT2D eigenvalue weighted by Gasteiger charge is 2.02. The van der Waals surface area contributed by atoms with Crippen LogP contribution in [-0.4, -0.2) is 6.04 Å². The van der Waals surface area contributed by atoms with Crippen molar-refractivity contribution in [3.63, 3.8) is 0 Å². The van der Waals surface area contributed by atoms with Gasteiger partial charge in [0.15, 0.2) is 0 Å². The van der Waals surface area contributed by atoms with Crippen LogP contribution in [0.5, 0.6) is 0 Å². The van der Waals surface area contributed by atoms with Gasteiger partial charge >= 0.3 is 0 Å². The van der Waals surface area contributed by atoms with Gasteiger partial charge in [-0.3, -0.25) is 0 Å². The average Bonchev–Trinajstić information content (AvgIpc) is 2.02. The van der Waals surface area contributed by atoms with E-state index in [1.165, 1.54) is 0 Å². The molecule has 0 aromatic heterocycles. The van der Waals surface area contributed by atoms with Gasteiger partial charge in [0.05, 0.1) is 0 Å². The van der Waals surface area contributed by atoms with Crippen LogP contribution in [0, 0.1) is 0 Å².